The van der Waals surface area contributed by atoms with Crippen LogP contribution in [0.4, 0.5) is 4.79 Å². The minimum Gasteiger partial charge on any atom is -0.494 e. The third-order valence-corrected chi connectivity index (χ3v) is 3.78. The van der Waals surface area contributed by atoms with E-state index in [1.54, 1.807) is 40.9 Å². The van der Waals surface area contributed by atoms with E-state index in [-0.39, 0.29) is 18.5 Å². The summed E-state index contributed by atoms with van der Waals surface area (Å²) in [5.74, 6) is 1.34. The molecule has 7 heteroatoms. The van der Waals surface area contributed by atoms with Gasteiger partial charge < -0.3 is 24.2 Å². The normalized spacial score (nSPS) is 14.3. The van der Waals surface area contributed by atoms with E-state index >= 15 is 0 Å². The molecule has 132 valence electrons. The highest BCUT2D eigenvalue weighted by atomic mass is 16.5. The van der Waals surface area contributed by atoms with Gasteiger partial charge in [0, 0.05) is 40.3 Å². The Labute approximate surface area is 142 Å². The summed E-state index contributed by atoms with van der Waals surface area (Å²) in [6, 6.07) is 7.18. The fourth-order valence-corrected chi connectivity index (χ4v) is 2.47. The van der Waals surface area contributed by atoms with Crippen molar-refractivity contribution in [2.75, 3.05) is 53.5 Å². The van der Waals surface area contributed by atoms with Gasteiger partial charge in [0.25, 0.3) is 5.91 Å². The standard InChI is InChI=1S/C17H25N3O4/c1-4-23-14-5-7-15(8-6-14)24-13-16(21)19-9-11-20(12-10-19)17(22)18(2)3/h5-8H,4,9-13H2,1-3H3. The molecule has 1 aromatic carbocycles. The van der Waals surface area contributed by atoms with Gasteiger partial charge in [0.15, 0.2) is 6.61 Å². The molecule has 0 unspecified atom stereocenters. The number of hydrogen-bond acceptors (Lipinski definition) is 4. The fraction of sp³-hybridized carbons (Fsp3) is 0.529. The number of carbonyl (C=O) groups excluding carboxylic acids is 2. The van der Waals surface area contributed by atoms with Crippen LogP contribution >= 0.6 is 0 Å². The van der Waals surface area contributed by atoms with Crippen molar-refractivity contribution in [3.63, 3.8) is 0 Å². The molecule has 0 saturated carbocycles. The van der Waals surface area contributed by atoms with Crippen LogP contribution in [0.2, 0.25) is 0 Å². The first-order chi connectivity index (χ1) is 11.5. The molecule has 24 heavy (non-hydrogen) atoms. The maximum absolute atomic E-state index is 12.2. The summed E-state index contributed by atoms with van der Waals surface area (Å²) >= 11 is 0. The van der Waals surface area contributed by atoms with Crippen molar-refractivity contribution in [3.8, 4) is 11.5 Å². The largest absolute Gasteiger partial charge is 0.494 e. The number of ether oxygens (including phenoxy) is 2. The highest BCUT2D eigenvalue weighted by Gasteiger charge is 2.25. The van der Waals surface area contributed by atoms with Crippen molar-refractivity contribution in [2.45, 2.75) is 6.92 Å². The smallest absolute Gasteiger partial charge is 0.319 e. The molecule has 0 aromatic heterocycles. The highest BCUT2D eigenvalue weighted by molar-refractivity contribution is 5.78. The zero-order valence-electron chi connectivity index (χ0n) is 14.5. The lowest BCUT2D eigenvalue weighted by Crippen LogP contribution is -2.53. The number of carbonyl (C=O) groups is 2. The quantitative estimate of drug-likeness (QED) is 0.813. The van der Waals surface area contributed by atoms with Crippen molar-refractivity contribution in [1.29, 1.82) is 0 Å². The van der Waals surface area contributed by atoms with E-state index in [1.807, 2.05) is 19.1 Å². The molecule has 2 rings (SSSR count). The average Bonchev–Trinajstić information content (AvgIpc) is 2.60. The van der Waals surface area contributed by atoms with Gasteiger partial charge in [-0.05, 0) is 31.2 Å². The lowest BCUT2D eigenvalue weighted by molar-refractivity contribution is -0.134. The minimum absolute atomic E-state index is 0.00436. The first-order valence-electron chi connectivity index (χ1n) is 8.11. The Balaban J connectivity index is 1.76. The van der Waals surface area contributed by atoms with Crippen molar-refractivity contribution < 1.29 is 19.1 Å². The molecule has 1 aromatic rings. The molecule has 0 bridgehead atoms. The number of urea groups is 1. The van der Waals surface area contributed by atoms with Gasteiger partial charge in [0.2, 0.25) is 0 Å². The van der Waals surface area contributed by atoms with Crippen molar-refractivity contribution >= 4 is 11.9 Å². The topological polar surface area (TPSA) is 62.3 Å². The van der Waals surface area contributed by atoms with E-state index in [0.717, 1.165) is 5.75 Å². The Bertz CT molecular complexity index is 551. The molecule has 1 aliphatic rings. The molecule has 0 atom stereocenters. The van der Waals surface area contributed by atoms with E-state index in [1.165, 1.54) is 0 Å². The highest BCUT2D eigenvalue weighted by Crippen LogP contribution is 2.17. The first kappa shape index (κ1) is 17.9. The van der Waals surface area contributed by atoms with Gasteiger partial charge in [0.1, 0.15) is 11.5 Å². The number of hydrogen-bond donors (Lipinski definition) is 0. The Hall–Kier alpha value is -2.44. The van der Waals surface area contributed by atoms with Gasteiger partial charge in [-0.25, -0.2) is 4.79 Å². The van der Waals surface area contributed by atoms with E-state index in [0.29, 0.717) is 38.5 Å². The van der Waals surface area contributed by atoms with Gasteiger partial charge >= 0.3 is 6.03 Å². The first-order valence-corrected chi connectivity index (χ1v) is 8.11. The molecular formula is C17H25N3O4. The molecule has 0 radical (unpaired) electrons. The van der Waals surface area contributed by atoms with Crippen molar-refractivity contribution in [1.82, 2.24) is 14.7 Å². The van der Waals surface area contributed by atoms with Gasteiger partial charge in [-0.3, -0.25) is 4.79 Å². The van der Waals surface area contributed by atoms with Crippen LogP contribution in [0.25, 0.3) is 0 Å². The average molecular weight is 335 g/mol. The molecule has 1 saturated heterocycles. The Morgan fingerprint density at radius 1 is 0.958 bits per heavy atom. The molecule has 1 heterocycles. The van der Waals surface area contributed by atoms with Crippen LogP contribution in [0.15, 0.2) is 24.3 Å². The Morgan fingerprint density at radius 2 is 1.46 bits per heavy atom. The zero-order valence-corrected chi connectivity index (χ0v) is 14.5. The number of nitrogens with zero attached hydrogens (tertiary/aromatic N) is 3. The van der Waals surface area contributed by atoms with E-state index in [2.05, 4.69) is 0 Å². The second-order valence-corrected chi connectivity index (χ2v) is 5.74. The van der Waals surface area contributed by atoms with Crippen LogP contribution in [0.5, 0.6) is 11.5 Å². The second-order valence-electron chi connectivity index (χ2n) is 5.74. The Kier molecular flexibility index (Phi) is 6.28. The van der Waals surface area contributed by atoms with Gasteiger partial charge in [-0.2, -0.15) is 0 Å². The van der Waals surface area contributed by atoms with E-state index in [4.69, 9.17) is 9.47 Å². The second kappa shape index (κ2) is 8.42. The van der Waals surface area contributed by atoms with Crippen molar-refractivity contribution in [3.05, 3.63) is 24.3 Å². The van der Waals surface area contributed by atoms with E-state index in [9.17, 15) is 9.59 Å². The summed E-state index contributed by atoms with van der Waals surface area (Å²) in [6.45, 7) is 4.69. The van der Waals surface area contributed by atoms with Crippen LogP contribution in [0, 0.1) is 0 Å². The summed E-state index contributed by atoms with van der Waals surface area (Å²) < 4.78 is 10.9. The SMILES string of the molecule is CCOc1ccc(OCC(=O)N2CCN(C(=O)N(C)C)CC2)cc1. The zero-order chi connectivity index (χ0) is 17.5. The molecule has 3 amide bonds. The number of amides is 3. The number of benzene rings is 1. The molecule has 0 N–H and O–H groups in total. The summed E-state index contributed by atoms with van der Waals surface area (Å²) in [5.41, 5.74) is 0. The molecule has 7 nitrogen and oxygen atoms in total. The number of rotatable bonds is 5. The van der Waals surface area contributed by atoms with Gasteiger partial charge in [-0.1, -0.05) is 0 Å². The van der Waals surface area contributed by atoms with Crippen molar-refractivity contribution in [2.24, 2.45) is 0 Å². The predicted molar refractivity (Wildman–Crippen MR) is 90.3 cm³/mol. The van der Waals surface area contributed by atoms with Crippen LogP contribution in [0.1, 0.15) is 6.92 Å². The van der Waals surface area contributed by atoms with Gasteiger partial charge in [0.05, 0.1) is 6.61 Å². The summed E-state index contributed by atoms with van der Waals surface area (Å²) in [4.78, 5) is 29.1. The number of piperazine rings is 1. The predicted octanol–water partition coefficient (Wildman–Crippen LogP) is 1.29. The molecule has 0 aliphatic carbocycles. The summed E-state index contributed by atoms with van der Waals surface area (Å²) in [5, 5.41) is 0. The summed E-state index contributed by atoms with van der Waals surface area (Å²) in [6.07, 6.45) is 0. The molecule has 0 spiro atoms. The third-order valence-electron chi connectivity index (χ3n) is 3.78. The van der Waals surface area contributed by atoms with Crippen LogP contribution in [-0.4, -0.2) is 80.1 Å². The van der Waals surface area contributed by atoms with Crippen LogP contribution in [-0.2, 0) is 4.79 Å². The van der Waals surface area contributed by atoms with Crippen LogP contribution < -0.4 is 9.47 Å². The molecular weight excluding hydrogens is 310 g/mol. The lowest BCUT2D eigenvalue weighted by Gasteiger charge is -2.35. The molecule has 1 aliphatic heterocycles. The third kappa shape index (κ3) is 4.78. The Morgan fingerprint density at radius 3 is 1.96 bits per heavy atom. The molecule has 1 fully saturated rings. The maximum Gasteiger partial charge on any atom is 0.319 e. The fourth-order valence-electron chi connectivity index (χ4n) is 2.47. The monoisotopic (exact) mass is 335 g/mol. The van der Waals surface area contributed by atoms with Gasteiger partial charge in [-0.15, -0.1) is 0 Å². The summed E-state index contributed by atoms with van der Waals surface area (Å²) in [7, 11) is 3.45. The van der Waals surface area contributed by atoms with E-state index < -0.39 is 0 Å². The van der Waals surface area contributed by atoms with Crippen LogP contribution in [0.3, 0.4) is 0 Å². The maximum atomic E-state index is 12.2. The minimum atomic E-state index is -0.0687. The lowest BCUT2D eigenvalue weighted by atomic mass is 10.3.